The summed E-state index contributed by atoms with van der Waals surface area (Å²) >= 11 is 0. The Bertz CT molecular complexity index is 698. The summed E-state index contributed by atoms with van der Waals surface area (Å²) in [6.07, 6.45) is 6.01. The fraction of sp³-hybridized carbons (Fsp3) is 0.450. The highest BCUT2D eigenvalue weighted by atomic mass is 16.2. The number of nitrogens with zero attached hydrogens (tertiary/aromatic N) is 2. The van der Waals surface area contributed by atoms with E-state index in [9.17, 15) is 14.4 Å². The van der Waals surface area contributed by atoms with E-state index in [2.05, 4.69) is 5.32 Å². The van der Waals surface area contributed by atoms with E-state index >= 15 is 0 Å². The van der Waals surface area contributed by atoms with Crippen molar-refractivity contribution in [2.24, 2.45) is 11.8 Å². The lowest BCUT2D eigenvalue weighted by atomic mass is 9.85. The van der Waals surface area contributed by atoms with Crippen LogP contribution >= 0.6 is 0 Å². The number of fused-ring (bicyclic) bond motifs is 1. The lowest BCUT2D eigenvalue weighted by molar-refractivity contribution is -0.140. The van der Waals surface area contributed by atoms with Gasteiger partial charge in [0.15, 0.2) is 0 Å². The molecule has 3 amide bonds. The van der Waals surface area contributed by atoms with E-state index in [1.54, 1.807) is 0 Å². The number of benzene rings is 1. The first-order valence-corrected chi connectivity index (χ1v) is 9.05. The molecule has 138 valence electrons. The number of allylic oxidation sites excluding steroid dienone is 2. The topological polar surface area (TPSA) is 69.7 Å². The maximum atomic E-state index is 12.4. The van der Waals surface area contributed by atoms with Gasteiger partial charge < -0.3 is 10.2 Å². The molecule has 6 heteroatoms. The van der Waals surface area contributed by atoms with Gasteiger partial charge in [-0.1, -0.05) is 12.2 Å². The van der Waals surface area contributed by atoms with Gasteiger partial charge >= 0.3 is 0 Å². The van der Waals surface area contributed by atoms with Crippen LogP contribution in [0.5, 0.6) is 0 Å². The zero-order valence-electron chi connectivity index (χ0n) is 15.3. The van der Waals surface area contributed by atoms with Crippen LogP contribution in [0.25, 0.3) is 0 Å². The van der Waals surface area contributed by atoms with Crippen LogP contribution in [-0.2, 0) is 14.4 Å². The summed E-state index contributed by atoms with van der Waals surface area (Å²) in [5.74, 6) is -0.665. The number of hydrogen-bond donors (Lipinski definition) is 1. The van der Waals surface area contributed by atoms with Crippen molar-refractivity contribution >= 4 is 29.1 Å². The average molecular weight is 355 g/mol. The third-order valence-electron chi connectivity index (χ3n) is 5.05. The molecule has 3 rings (SSSR count). The predicted octanol–water partition coefficient (Wildman–Crippen LogP) is 2.42. The number of amides is 3. The number of carbonyl (C=O) groups excluding carboxylic acids is 3. The Hall–Kier alpha value is -2.63. The molecule has 1 aromatic rings. The van der Waals surface area contributed by atoms with Crippen molar-refractivity contribution in [1.29, 1.82) is 0 Å². The Kier molecular flexibility index (Phi) is 5.40. The Labute approximate surface area is 153 Å². The van der Waals surface area contributed by atoms with Gasteiger partial charge in [0, 0.05) is 38.4 Å². The Balaban J connectivity index is 1.46. The number of anilines is 2. The van der Waals surface area contributed by atoms with Gasteiger partial charge in [0.05, 0.1) is 11.8 Å². The zero-order valence-corrected chi connectivity index (χ0v) is 15.3. The first kappa shape index (κ1) is 18.2. The van der Waals surface area contributed by atoms with Crippen LogP contribution in [0.1, 0.15) is 25.7 Å². The third kappa shape index (κ3) is 3.79. The Morgan fingerprint density at radius 3 is 2.19 bits per heavy atom. The van der Waals surface area contributed by atoms with Gasteiger partial charge in [-0.05, 0) is 43.5 Å². The molecule has 1 aliphatic heterocycles. The molecule has 2 aliphatic rings. The van der Waals surface area contributed by atoms with Gasteiger partial charge in [0.1, 0.15) is 0 Å². The molecule has 0 radical (unpaired) electrons. The molecule has 0 aromatic heterocycles. The Morgan fingerprint density at radius 1 is 1.08 bits per heavy atom. The molecule has 0 saturated carbocycles. The van der Waals surface area contributed by atoms with Gasteiger partial charge in [-0.15, -0.1) is 0 Å². The van der Waals surface area contributed by atoms with Crippen LogP contribution in [0.4, 0.5) is 11.4 Å². The van der Waals surface area contributed by atoms with E-state index < -0.39 is 0 Å². The molecule has 1 saturated heterocycles. The summed E-state index contributed by atoms with van der Waals surface area (Å²) in [5, 5.41) is 2.85. The molecule has 6 nitrogen and oxygen atoms in total. The second-order valence-corrected chi connectivity index (χ2v) is 7.08. The SMILES string of the molecule is CN(C)c1ccc(NC(=O)CCCN2C(=O)[C@@H]3CC=CC[C@H]3C2=O)cc1. The molecule has 0 unspecified atom stereocenters. The highest BCUT2D eigenvalue weighted by Gasteiger charge is 2.46. The minimum atomic E-state index is -0.198. The van der Waals surface area contributed by atoms with Crippen molar-refractivity contribution in [3.63, 3.8) is 0 Å². The summed E-state index contributed by atoms with van der Waals surface area (Å²) in [4.78, 5) is 40.2. The summed E-state index contributed by atoms with van der Waals surface area (Å²) in [6.45, 7) is 0.317. The molecular weight excluding hydrogens is 330 g/mol. The van der Waals surface area contributed by atoms with Crippen molar-refractivity contribution in [3.8, 4) is 0 Å². The van der Waals surface area contributed by atoms with Gasteiger partial charge in [-0.25, -0.2) is 0 Å². The van der Waals surface area contributed by atoms with Crippen molar-refractivity contribution < 1.29 is 14.4 Å². The van der Waals surface area contributed by atoms with Crippen molar-refractivity contribution in [3.05, 3.63) is 36.4 Å². The molecule has 1 aromatic carbocycles. The van der Waals surface area contributed by atoms with Crippen LogP contribution in [-0.4, -0.2) is 43.3 Å². The quantitative estimate of drug-likeness (QED) is 0.628. The fourth-order valence-electron chi connectivity index (χ4n) is 3.55. The van der Waals surface area contributed by atoms with Crippen LogP contribution in [0.2, 0.25) is 0 Å². The second kappa shape index (κ2) is 7.72. The van der Waals surface area contributed by atoms with E-state index in [0.29, 0.717) is 25.8 Å². The van der Waals surface area contributed by atoms with Gasteiger partial charge in [0.25, 0.3) is 0 Å². The van der Waals surface area contributed by atoms with Gasteiger partial charge in [-0.3, -0.25) is 19.3 Å². The first-order chi connectivity index (χ1) is 12.5. The van der Waals surface area contributed by atoms with E-state index in [0.717, 1.165) is 11.4 Å². The van der Waals surface area contributed by atoms with Crippen LogP contribution in [0, 0.1) is 11.8 Å². The summed E-state index contributed by atoms with van der Waals surface area (Å²) in [6, 6.07) is 7.59. The lowest BCUT2D eigenvalue weighted by Crippen LogP contribution is -2.32. The third-order valence-corrected chi connectivity index (χ3v) is 5.05. The number of imide groups is 1. The predicted molar refractivity (Wildman–Crippen MR) is 101 cm³/mol. The monoisotopic (exact) mass is 355 g/mol. The first-order valence-electron chi connectivity index (χ1n) is 9.05. The van der Waals surface area contributed by atoms with Crippen molar-refractivity contribution in [2.75, 3.05) is 30.9 Å². The zero-order chi connectivity index (χ0) is 18.7. The maximum Gasteiger partial charge on any atom is 0.233 e. The van der Waals surface area contributed by atoms with Crippen molar-refractivity contribution in [2.45, 2.75) is 25.7 Å². The highest BCUT2D eigenvalue weighted by Crippen LogP contribution is 2.35. The summed E-state index contributed by atoms with van der Waals surface area (Å²) in [5.41, 5.74) is 1.80. The molecule has 0 spiro atoms. The molecule has 1 fully saturated rings. The normalized spacial score (nSPS) is 21.7. The molecule has 1 heterocycles. The molecule has 26 heavy (non-hydrogen) atoms. The van der Waals surface area contributed by atoms with Crippen LogP contribution < -0.4 is 10.2 Å². The summed E-state index contributed by atoms with van der Waals surface area (Å²) < 4.78 is 0. The largest absolute Gasteiger partial charge is 0.378 e. The molecular formula is C20H25N3O3. The number of rotatable bonds is 6. The summed E-state index contributed by atoms with van der Waals surface area (Å²) in [7, 11) is 3.92. The molecule has 2 atom stereocenters. The maximum absolute atomic E-state index is 12.4. The molecule has 1 aliphatic carbocycles. The van der Waals surface area contributed by atoms with E-state index in [-0.39, 0.29) is 36.0 Å². The van der Waals surface area contributed by atoms with E-state index in [4.69, 9.17) is 0 Å². The number of nitrogens with one attached hydrogen (secondary N) is 1. The van der Waals surface area contributed by atoms with Gasteiger partial charge in [0.2, 0.25) is 17.7 Å². The number of hydrogen-bond acceptors (Lipinski definition) is 4. The minimum absolute atomic E-state index is 0.0796. The smallest absolute Gasteiger partial charge is 0.233 e. The minimum Gasteiger partial charge on any atom is -0.378 e. The van der Waals surface area contributed by atoms with Crippen LogP contribution in [0.3, 0.4) is 0 Å². The van der Waals surface area contributed by atoms with Crippen LogP contribution in [0.15, 0.2) is 36.4 Å². The van der Waals surface area contributed by atoms with Gasteiger partial charge in [-0.2, -0.15) is 0 Å². The second-order valence-electron chi connectivity index (χ2n) is 7.08. The van der Waals surface area contributed by atoms with Crippen molar-refractivity contribution in [1.82, 2.24) is 4.90 Å². The lowest BCUT2D eigenvalue weighted by Gasteiger charge is -2.15. The average Bonchev–Trinajstić information content (AvgIpc) is 2.87. The standard InChI is InChI=1S/C20H25N3O3/c1-22(2)15-11-9-14(10-12-15)21-18(24)8-5-13-23-19(25)16-6-3-4-7-17(16)20(23)26/h3-4,9-12,16-17H,5-8,13H2,1-2H3,(H,21,24)/t16-,17-/m1/s1. The molecule has 0 bridgehead atoms. The van der Waals surface area contributed by atoms with E-state index in [1.807, 2.05) is 55.4 Å². The number of carbonyl (C=O) groups is 3. The highest BCUT2D eigenvalue weighted by molar-refractivity contribution is 6.05. The molecule has 1 N–H and O–H groups in total. The fourth-order valence-corrected chi connectivity index (χ4v) is 3.55. The number of likely N-dealkylation sites (tertiary alicyclic amines) is 1. The Morgan fingerprint density at radius 2 is 1.65 bits per heavy atom. The van der Waals surface area contributed by atoms with E-state index in [1.165, 1.54) is 4.90 Å².